The van der Waals surface area contributed by atoms with Gasteiger partial charge in [0.1, 0.15) is 5.82 Å². The van der Waals surface area contributed by atoms with E-state index in [1.54, 1.807) is 11.8 Å². The second-order valence-corrected chi connectivity index (χ2v) is 3.17. The van der Waals surface area contributed by atoms with Crippen molar-refractivity contribution in [3.63, 3.8) is 0 Å². The summed E-state index contributed by atoms with van der Waals surface area (Å²) in [4.78, 5) is 9.54. The number of hydrogen-bond donors (Lipinski definition) is 0. The molecule has 2 nitrogen and oxygen atoms in total. The van der Waals surface area contributed by atoms with Crippen molar-refractivity contribution < 1.29 is 0 Å². The summed E-state index contributed by atoms with van der Waals surface area (Å²) in [5.74, 6) is 0.949. The van der Waals surface area contributed by atoms with Gasteiger partial charge in [0.25, 0.3) is 0 Å². The molecule has 0 bridgehead atoms. The van der Waals surface area contributed by atoms with Gasteiger partial charge in [-0.25, -0.2) is 9.97 Å². The van der Waals surface area contributed by atoms with E-state index in [4.69, 9.17) is 0 Å². The monoisotopic (exact) mass is 168 g/mol. The summed E-state index contributed by atoms with van der Waals surface area (Å²) in [6.07, 6.45) is 7.87. The van der Waals surface area contributed by atoms with Crippen LogP contribution in [0, 0.1) is 0 Å². The van der Waals surface area contributed by atoms with Crippen LogP contribution < -0.4 is 0 Å². The Balaban J connectivity index is 2.66. The molecule has 0 unspecified atom stereocenters. The summed E-state index contributed by atoms with van der Waals surface area (Å²) in [6.45, 7) is 2.13. The maximum atomic E-state index is 4.21. The second kappa shape index (κ2) is 4.34. The Labute approximate surface area is 71.5 Å². The average Bonchev–Trinajstić information content (AvgIpc) is 2.07. The van der Waals surface area contributed by atoms with Gasteiger partial charge in [-0.1, -0.05) is 6.92 Å². The van der Waals surface area contributed by atoms with Crippen LogP contribution >= 0.6 is 11.8 Å². The molecule has 0 fully saturated rings. The van der Waals surface area contributed by atoms with E-state index in [2.05, 4.69) is 16.9 Å². The molecule has 0 atom stereocenters. The van der Waals surface area contributed by atoms with Crippen LogP contribution in [0.3, 0.4) is 0 Å². The molecule has 0 N–H and O–H groups in total. The molecule has 0 aliphatic heterocycles. The molecule has 0 saturated carbocycles. The minimum absolute atomic E-state index is 0.949. The Morgan fingerprint density at radius 1 is 1.36 bits per heavy atom. The molecule has 0 aliphatic carbocycles. The highest BCUT2D eigenvalue weighted by molar-refractivity contribution is 7.98. The molecule has 0 spiro atoms. The highest BCUT2D eigenvalue weighted by atomic mass is 32.2. The summed E-state index contributed by atoms with van der Waals surface area (Å²) in [5, 5.41) is 0. The van der Waals surface area contributed by atoms with Crippen molar-refractivity contribution in [2.45, 2.75) is 24.7 Å². The van der Waals surface area contributed by atoms with Crippen molar-refractivity contribution in [2.24, 2.45) is 0 Å². The Morgan fingerprint density at radius 2 is 2.00 bits per heavy atom. The van der Waals surface area contributed by atoms with Crippen LogP contribution in [0.15, 0.2) is 17.3 Å². The molecule has 0 aromatic carbocycles. The minimum atomic E-state index is 0.949. The second-order valence-electron chi connectivity index (χ2n) is 2.29. The summed E-state index contributed by atoms with van der Waals surface area (Å²) < 4.78 is 0. The number of thioether (sulfide) groups is 1. The smallest absolute Gasteiger partial charge is 0.128 e. The zero-order chi connectivity index (χ0) is 8.10. The van der Waals surface area contributed by atoms with E-state index in [9.17, 15) is 0 Å². The van der Waals surface area contributed by atoms with E-state index in [-0.39, 0.29) is 0 Å². The van der Waals surface area contributed by atoms with Crippen molar-refractivity contribution in [1.29, 1.82) is 0 Å². The Hall–Kier alpha value is -0.570. The van der Waals surface area contributed by atoms with E-state index in [0.29, 0.717) is 0 Å². The fourth-order valence-electron chi connectivity index (χ4n) is 0.801. The number of aromatic nitrogens is 2. The van der Waals surface area contributed by atoms with Crippen molar-refractivity contribution >= 4 is 11.8 Å². The molecular formula is C8H12N2S. The van der Waals surface area contributed by atoms with Crippen molar-refractivity contribution in [1.82, 2.24) is 9.97 Å². The van der Waals surface area contributed by atoms with Crippen molar-refractivity contribution in [3.05, 3.63) is 18.2 Å². The molecule has 0 saturated heterocycles. The van der Waals surface area contributed by atoms with Gasteiger partial charge in [0.05, 0.1) is 0 Å². The minimum Gasteiger partial charge on any atom is -0.240 e. The first kappa shape index (κ1) is 8.53. The standard InChI is InChI=1S/C8H12N2S/c1-3-4-8-9-5-7(11-2)6-10-8/h5-6H,3-4H2,1-2H3. The van der Waals surface area contributed by atoms with Crippen molar-refractivity contribution in [2.75, 3.05) is 6.26 Å². The fourth-order valence-corrected chi connectivity index (χ4v) is 1.12. The first-order chi connectivity index (χ1) is 5.36. The summed E-state index contributed by atoms with van der Waals surface area (Å²) in [7, 11) is 0. The van der Waals surface area contributed by atoms with Gasteiger partial charge < -0.3 is 0 Å². The van der Waals surface area contributed by atoms with Crippen molar-refractivity contribution in [3.8, 4) is 0 Å². The van der Waals surface area contributed by atoms with E-state index in [0.717, 1.165) is 23.6 Å². The van der Waals surface area contributed by atoms with E-state index < -0.39 is 0 Å². The predicted molar refractivity (Wildman–Crippen MR) is 47.8 cm³/mol. The van der Waals surface area contributed by atoms with Gasteiger partial charge >= 0.3 is 0 Å². The zero-order valence-electron chi connectivity index (χ0n) is 6.87. The Morgan fingerprint density at radius 3 is 2.45 bits per heavy atom. The average molecular weight is 168 g/mol. The highest BCUT2D eigenvalue weighted by Crippen LogP contribution is 2.10. The number of hydrogen-bond acceptors (Lipinski definition) is 3. The van der Waals surface area contributed by atoms with E-state index >= 15 is 0 Å². The quantitative estimate of drug-likeness (QED) is 0.647. The molecule has 60 valence electrons. The lowest BCUT2D eigenvalue weighted by molar-refractivity contribution is 0.824. The number of aryl methyl sites for hydroxylation is 1. The lowest BCUT2D eigenvalue weighted by Crippen LogP contribution is -1.92. The van der Waals surface area contributed by atoms with Crippen LogP contribution in [0.1, 0.15) is 19.2 Å². The first-order valence-electron chi connectivity index (χ1n) is 3.71. The van der Waals surface area contributed by atoms with Gasteiger partial charge in [0.2, 0.25) is 0 Å². The van der Waals surface area contributed by atoms with Crippen LogP contribution in [0.2, 0.25) is 0 Å². The molecule has 0 radical (unpaired) electrons. The molecular weight excluding hydrogens is 156 g/mol. The molecule has 1 rings (SSSR count). The SMILES string of the molecule is CCCc1ncc(SC)cn1. The molecule has 1 aromatic heterocycles. The highest BCUT2D eigenvalue weighted by Gasteiger charge is 1.93. The lowest BCUT2D eigenvalue weighted by atomic mass is 10.3. The normalized spacial score (nSPS) is 10.0. The topological polar surface area (TPSA) is 25.8 Å². The van der Waals surface area contributed by atoms with Gasteiger partial charge in [0, 0.05) is 23.7 Å². The van der Waals surface area contributed by atoms with Gasteiger partial charge in [-0.15, -0.1) is 11.8 Å². The number of rotatable bonds is 3. The maximum absolute atomic E-state index is 4.21. The van der Waals surface area contributed by atoms with Crippen LogP contribution in [-0.2, 0) is 6.42 Å². The lowest BCUT2D eigenvalue weighted by Gasteiger charge is -1.97. The molecule has 1 aromatic rings. The summed E-state index contributed by atoms with van der Waals surface area (Å²) in [6, 6.07) is 0. The molecule has 11 heavy (non-hydrogen) atoms. The number of nitrogens with zero attached hydrogens (tertiary/aromatic N) is 2. The predicted octanol–water partition coefficient (Wildman–Crippen LogP) is 2.15. The molecule has 3 heteroatoms. The van der Waals surface area contributed by atoms with Crippen LogP contribution in [0.25, 0.3) is 0 Å². The molecule has 0 amide bonds. The van der Waals surface area contributed by atoms with E-state index in [1.165, 1.54) is 0 Å². The Bertz CT molecular complexity index is 208. The third-order valence-corrected chi connectivity index (χ3v) is 2.07. The summed E-state index contributed by atoms with van der Waals surface area (Å²) >= 11 is 1.67. The van der Waals surface area contributed by atoms with E-state index in [1.807, 2.05) is 18.6 Å². The molecule has 0 aliphatic rings. The summed E-state index contributed by atoms with van der Waals surface area (Å²) in [5.41, 5.74) is 0. The fraction of sp³-hybridized carbons (Fsp3) is 0.500. The van der Waals surface area contributed by atoms with Crippen LogP contribution in [0.4, 0.5) is 0 Å². The third-order valence-electron chi connectivity index (χ3n) is 1.39. The van der Waals surface area contributed by atoms with Crippen LogP contribution in [0.5, 0.6) is 0 Å². The zero-order valence-corrected chi connectivity index (χ0v) is 7.69. The van der Waals surface area contributed by atoms with Gasteiger partial charge in [-0.05, 0) is 12.7 Å². The Kier molecular flexibility index (Phi) is 3.36. The maximum Gasteiger partial charge on any atom is 0.128 e. The van der Waals surface area contributed by atoms with Gasteiger partial charge in [0.15, 0.2) is 0 Å². The largest absolute Gasteiger partial charge is 0.240 e. The van der Waals surface area contributed by atoms with Gasteiger partial charge in [-0.2, -0.15) is 0 Å². The molecule has 1 heterocycles. The van der Waals surface area contributed by atoms with Gasteiger partial charge in [-0.3, -0.25) is 0 Å². The van der Waals surface area contributed by atoms with Crippen LogP contribution in [-0.4, -0.2) is 16.2 Å². The third kappa shape index (κ3) is 2.50. The first-order valence-corrected chi connectivity index (χ1v) is 4.94.